The summed E-state index contributed by atoms with van der Waals surface area (Å²) in [4.78, 5) is 6.63. The lowest BCUT2D eigenvalue weighted by Crippen LogP contribution is -2.33. The van der Waals surface area contributed by atoms with E-state index in [1.807, 2.05) is 41.1 Å². The van der Waals surface area contributed by atoms with E-state index in [9.17, 15) is 0 Å². The molecule has 1 aromatic carbocycles. The van der Waals surface area contributed by atoms with Crippen molar-refractivity contribution in [1.29, 1.82) is 0 Å². The van der Waals surface area contributed by atoms with Gasteiger partial charge in [-0.25, -0.2) is 4.98 Å². The third-order valence-electron chi connectivity index (χ3n) is 2.28. The number of azide groups is 1. The molecule has 0 atom stereocenters. The van der Waals surface area contributed by atoms with Gasteiger partial charge >= 0.3 is 0 Å². The first kappa shape index (κ1) is 11.9. The van der Waals surface area contributed by atoms with Crippen LogP contribution in [-0.2, 0) is 6.54 Å². The van der Waals surface area contributed by atoms with E-state index in [0.717, 1.165) is 6.54 Å². The van der Waals surface area contributed by atoms with Crippen LogP contribution in [0.25, 0.3) is 10.4 Å². The molecule has 18 heavy (non-hydrogen) atoms. The van der Waals surface area contributed by atoms with Crippen molar-refractivity contribution in [3.05, 3.63) is 64.9 Å². The molecule has 6 heteroatoms. The molecule has 6 nitrogen and oxygen atoms in total. The van der Waals surface area contributed by atoms with E-state index < -0.39 is 0 Å². The Bertz CT molecular complexity index is 551. The van der Waals surface area contributed by atoms with Crippen LogP contribution in [0.2, 0.25) is 0 Å². The minimum Gasteiger partial charge on any atom is -0.467 e. The van der Waals surface area contributed by atoms with Crippen LogP contribution in [0.5, 0.6) is 5.88 Å². The molecule has 90 valence electrons. The topological polar surface area (TPSA) is 74.8 Å². The zero-order chi connectivity index (χ0) is 12.6. The van der Waals surface area contributed by atoms with Gasteiger partial charge in [-0.1, -0.05) is 35.4 Å². The largest absolute Gasteiger partial charge is 0.467 e. The second-order valence-electron chi connectivity index (χ2n) is 3.56. The first-order valence-electron chi connectivity index (χ1n) is 5.41. The molecule has 0 spiro atoms. The fourth-order valence-corrected chi connectivity index (χ4v) is 1.50. The first-order chi connectivity index (χ1) is 8.88. The molecule has 0 saturated heterocycles. The Morgan fingerprint density at radius 3 is 2.94 bits per heavy atom. The van der Waals surface area contributed by atoms with E-state index in [1.165, 1.54) is 5.56 Å². The van der Waals surface area contributed by atoms with Gasteiger partial charge in [-0.05, 0) is 5.53 Å². The Balaban J connectivity index is 2.05. The van der Waals surface area contributed by atoms with Crippen molar-refractivity contribution in [2.45, 2.75) is 6.54 Å². The number of ether oxygens (including phenoxy) is 1. The summed E-state index contributed by atoms with van der Waals surface area (Å²) in [7, 11) is 0. The highest BCUT2D eigenvalue weighted by Crippen LogP contribution is 2.02. The lowest BCUT2D eigenvalue weighted by atomic mass is 10.2. The van der Waals surface area contributed by atoms with Gasteiger partial charge in [-0.15, -0.1) is 0 Å². The Labute approximate surface area is 104 Å². The summed E-state index contributed by atoms with van der Waals surface area (Å²) in [6, 6.07) is 10.1. The number of nitrogens with zero attached hydrogens (tertiary/aromatic N) is 5. The van der Waals surface area contributed by atoms with E-state index in [2.05, 4.69) is 15.0 Å². The zero-order valence-corrected chi connectivity index (χ0v) is 9.68. The molecule has 2 rings (SSSR count). The molecular weight excluding hydrogens is 230 g/mol. The Morgan fingerprint density at radius 1 is 1.33 bits per heavy atom. The summed E-state index contributed by atoms with van der Waals surface area (Å²) < 4.78 is 7.12. The average Bonchev–Trinajstić information content (AvgIpc) is 2.41. The molecule has 2 aromatic rings. The first-order valence-corrected chi connectivity index (χ1v) is 5.41. The molecule has 0 radical (unpaired) electrons. The third-order valence-corrected chi connectivity index (χ3v) is 2.28. The predicted molar refractivity (Wildman–Crippen MR) is 64.6 cm³/mol. The number of aromatic nitrogens is 2. The smallest absolute Gasteiger partial charge is 0.280 e. The predicted octanol–water partition coefficient (Wildman–Crippen LogP) is 2.06. The van der Waals surface area contributed by atoms with Gasteiger partial charge in [-0.2, -0.15) is 4.57 Å². The van der Waals surface area contributed by atoms with Crippen LogP contribution in [0.15, 0.2) is 54.0 Å². The quantitative estimate of drug-likeness (QED) is 0.348. The van der Waals surface area contributed by atoms with Crippen LogP contribution >= 0.6 is 0 Å². The standard InChI is InChI=1S/C12H12N5O/c13-16-15-10-18-12-9-17(7-6-14-12)8-11-4-2-1-3-5-11/h1-7,9H,8,10H2/q+1. The molecule has 1 heterocycles. The molecule has 0 aliphatic heterocycles. The molecule has 0 unspecified atom stereocenters. The fraction of sp³-hybridized carbons (Fsp3) is 0.167. The van der Waals surface area contributed by atoms with Gasteiger partial charge in [0, 0.05) is 10.5 Å². The van der Waals surface area contributed by atoms with Gasteiger partial charge in [0.05, 0.1) is 6.20 Å². The highest BCUT2D eigenvalue weighted by Gasteiger charge is 2.05. The maximum atomic E-state index is 8.15. The van der Waals surface area contributed by atoms with E-state index >= 15 is 0 Å². The van der Waals surface area contributed by atoms with Crippen molar-refractivity contribution in [2.75, 3.05) is 6.73 Å². The molecule has 0 bridgehead atoms. The van der Waals surface area contributed by atoms with Crippen molar-refractivity contribution in [3.8, 4) is 5.88 Å². The van der Waals surface area contributed by atoms with E-state index in [4.69, 9.17) is 10.3 Å². The van der Waals surface area contributed by atoms with Crippen molar-refractivity contribution in [2.24, 2.45) is 5.11 Å². The molecule has 0 aliphatic carbocycles. The lowest BCUT2D eigenvalue weighted by molar-refractivity contribution is -0.689. The van der Waals surface area contributed by atoms with Gasteiger partial charge in [0.2, 0.25) is 6.20 Å². The maximum absolute atomic E-state index is 8.15. The summed E-state index contributed by atoms with van der Waals surface area (Å²) >= 11 is 0. The van der Waals surface area contributed by atoms with Gasteiger partial charge in [0.25, 0.3) is 5.88 Å². The van der Waals surface area contributed by atoms with Gasteiger partial charge in [0.1, 0.15) is 0 Å². The Morgan fingerprint density at radius 2 is 2.17 bits per heavy atom. The van der Waals surface area contributed by atoms with Crippen molar-refractivity contribution < 1.29 is 9.30 Å². The highest BCUT2D eigenvalue weighted by molar-refractivity contribution is 5.13. The average molecular weight is 242 g/mol. The van der Waals surface area contributed by atoms with Gasteiger partial charge < -0.3 is 4.74 Å². The summed E-state index contributed by atoms with van der Waals surface area (Å²) in [5, 5.41) is 3.29. The summed E-state index contributed by atoms with van der Waals surface area (Å²) in [6.45, 7) is 0.681. The van der Waals surface area contributed by atoms with Crippen LogP contribution in [-0.4, -0.2) is 11.7 Å². The summed E-state index contributed by atoms with van der Waals surface area (Å²) in [5.74, 6) is 0.431. The summed E-state index contributed by atoms with van der Waals surface area (Å²) in [5.41, 5.74) is 9.34. The monoisotopic (exact) mass is 242 g/mol. The van der Waals surface area contributed by atoms with E-state index in [-0.39, 0.29) is 6.73 Å². The normalized spacial score (nSPS) is 9.56. The van der Waals surface area contributed by atoms with Crippen LogP contribution in [0, 0.1) is 0 Å². The fourth-order valence-electron chi connectivity index (χ4n) is 1.50. The van der Waals surface area contributed by atoms with Crippen molar-refractivity contribution >= 4 is 0 Å². The molecular formula is C12H12N5O+. The highest BCUT2D eigenvalue weighted by atomic mass is 16.5. The molecule has 0 amide bonds. The number of benzene rings is 1. The number of rotatable bonds is 5. The Hall–Kier alpha value is -2.59. The van der Waals surface area contributed by atoms with Crippen LogP contribution in [0.3, 0.4) is 0 Å². The number of hydrogen-bond acceptors (Lipinski definition) is 3. The zero-order valence-electron chi connectivity index (χ0n) is 9.68. The van der Waals surface area contributed by atoms with Gasteiger partial charge in [0.15, 0.2) is 19.5 Å². The van der Waals surface area contributed by atoms with Crippen LogP contribution < -0.4 is 9.30 Å². The number of hydrogen-bond donors (Lipinski definition) is 0. The molecule has 1 aromatic heterocycles. The molecule has 0 fully saturated rings. The molecule has 0 aliphatic rings. The van der Waals surface area contributed by atoms with Crippen LogP contribution in [0.1, 0.15) is 5.56 Å². The third kappa shape index (κ3) is 3.47. The Kier molecular flexibility index (Phi) is 4.11. The van der Waals surface area contributed by atoms with Crippen LogP contribution in [0.4, 0.5) is 0 Å². The second-order valence-corrected chi connectivity index (χ2v) is 3.56. The minimum atomic E-state index is -0.0567. The second kappa shape index (κ2) is 6.22. The molecule has 0 N–H and O–H groups in total. The summed E-state index contributed by atoms with van der Waals surface area (Å²) in [6.07, 6.45) is 5.27. The van der Waals surface area contributed by atoms with E-state index in [1.54, 1.807) is 12.4 Å². The van der Waals surface area contributed by atoms with Gasteiger partial charge in [-0.3, -0.25) is 0 Å². The maximum Gasteiger partial charge on any atom is 0.280 e. The lowest BCUT2D eigenvalue weighted by Gasteiger charge is -2.00. The van der Waals surface area contributed by atoms with Crippen molar-refractivity contribution in [3.63, 3.8) is 0 Å². The van der Waals surface area contributed by atoms with Crippen molar-refractivity contribution in [1.82, 2.24) is 4.98 Å². The van der Waals surface area contributed by atoms with E-state index in [0.29, 0.717) is 5.88 Å². The SMILES string of the molecule is [N-]=[N+]=NCOc1c[n+](Cc2ccccc2)ccn1. The molecule has 0 saturated carbocycles. The minimum absolute atomic E-state index is 0.0567.